The smallest absolute Gasteiger partial charge is 0.410 e. The predicted octanol–water partition coefficient (Wildman–Crippen LogP) is 5.44. The highest BCUT2D eigenvalue weighted by atomic mass is 35.5. The van der Waals surface area contributed by atoms with Crippen molar-refractivity contribution in [1.29, 1.82) is 0 Å². The van der Waals surface area contributed by atoms with Gasteiger partial charge in [-0.3, -0.25) is 0 Å². The van der Waals surface area contributed by atoms with Gasteiger partial charge in [0.15, 0.2) is 0 Å². The molecule has 5 rings (SSSR count). The summed E-state index contributed by atoms with van der Waals surface area (Å²) in [4.78, 5) is 23.9. The van der Waals surface area contributed by atoms with E-state index in [-0.39, 0.29) is 41.8 Å². The highest BCUT2D eigenvalue weighted by molar-refractivity contribution is 7.92. The lowest BCUT2D eigenvalue weighted by Gasteiger charge is -2.42. The third-order valence-electron chi connectivity index (χ3n) is 8.27. The fourth-order valence-corrected chi connectivity index (χ4v) is 7.37. The number of piperidine rings is 1. The van der Waals surface area contributed by atoms with Crippen molar-refractivity contribution in [1.82, 2.24) is 19.8 Å². The van der Waals surface area contributed by atoms with E-state index in [1.807, 2.05) is 49.3 Å². The van der Waals surface area contributed by atoms with E-state index in [0.29, 0.717) is 36.6 Å². The van der Waals surface area contributed by atoms with Crippen molar-refractivity contribution in [2.24, 2.45) is 0 Å². The van der Waals surface area contributed by atoms with E-state index in [0.717, 1.165) is 22.0 Å². The Labute approximate surface area is 290 Å². The number of likely N-dealkylation sites (tertiary alicyclic amines) is 1. The molecule has 1 unspecified atom stereocenters. The van der Waals surface area contributed by atoms with Gasteiger partial charge < -0.3 is 29.3 Å². The van der Waals surface area contributed by atoms with Crippen molar-refractivity contribution in [2.45, 2.75) is 36.6 Å². The molecular formula is C34H38ClFN6O6S. The average molecular weight is 713 g/mol. The van der Waals surface area contributed by atoms with Crippen LogP contribution in [0.25, 0.3) is 0 Å². The molecule has 1 aromatic heterocycles. The zero-order chi connectivity index (χ0) is 35.1. The van der Waals surface area contributed by atoms with Crippen molar-refractivity contribution in [3.05, 3.63) is 101 Å². The third kappa shape index (κ3) is 8.32. The summed E-state index contributed by atoms with van der Waals surface area (Å²) in [6.45, 7) is 0.676. The van der Waals surface area contributed by atoms with Crippen LogP contribution >= 0.6 is 11.6 Å². The first-order chi connectivity index (χ1) is 23.5. The maximum Gasteiger partial charge on any atom is 0.410 e. The molecular weight excluding hydrogens is 675 g/mol. The number of anilines is 2. The van der Waals surface area contributed by atoms with Crippen LogP contribution < -0.4 is 19.1 Å². The van der Waals surface area contributed by atoms with E-state index in [1.165, 1.54) is 32.8 Å². The van der Waals surface area contributed by atoms with Crippen molar-refractivity contribution >= 4 is 39.2 Å². The number of methoxy groups -OCH3 is 2. The van der Waals surface area contributed by atoms with Crippen LogP contribution in [0.2, 0.25) is 5.02 Å². The summed E-state index contributed by atoms with van der Waals surface area (Å²) in [6.07, 6.45) is 2.68. The Bertz CT molecular complexity index is 1860. The van der Waals surface area contributed by atoms with Gasteiger partial charge in [0.25, 0.3) is 10.0 Å². The summed E-state index contributed by atoms with van der Waals surface area (Å²) in [5.41, 5.74) is 1.60. The normalized spacial score (nSPS) is 16.3. The number of hydrogen-bond donors (Lipinski definition) is 1. The number of nitrogens with one attached hydrogen (secondary N) is 1. The minimum Gasteiger partial charge on any atom is -0.497 e. The van der Waals surface area contributed by atoms with Crippen LogP contribution in [-0.4, -0.2) is 87.8 Å². The van der Waals surface area contributed by atoms with Crippen LogP contribution in [-0.2, 0) is 27.9 Å². The maximum atomic E-state index is 15.9. The lowest BCUT2D eigenvalue weighted by molar-refractivity contribution is 0.0678. The molecule has 0 aliphatic carbocycles. The fraction of sp³-hybridized carbons (Fsp3) is 0.324. The second-order valence-corrected chi connectivity index (χ2v) is 13.8. The van der Waals surface area contributed by atoms with Gasteiger partial charge in [0.1, 0.15) is 41.0 Å². The molecule has 0 spiro atoms. The maximum absolute atomic E-state index is 15.9. The van der Waals surface area contributed by atoms with Gasteiger partial charge >= 0.3 is 6.09 Å². The molecule has 3 aromatic carbocycles. The number of carbonyl (C=O) groups excluding carboxylic acids is 1. The number of hydrogen-bond acceptors (Lipinski definition) is 10. The van der Waals surface area contributed by atoms with Crippen LogP contribution in [0.15, 0.2) is 84.1 Å². The topological polar surface area (TPSA) is 126 Å². The van der Waals surface area contributed by atoms with Crippen molar-refractivity contribution in [3.63, 3.8) is 0 Å². The first kappa shape index (κ1) is 35.6. The minimum absolute atomic E-state index is 0.00634. The number of benzene rings is 3. The Morgan fingerprint density at radius 1 is 1.08 bits per heavy atom. The average Bonchev–Trinajstić information content (AvgIpc) is 3.11. The van der Waals surface area contributed by atoms with Crippen LogP contribution in [0, 0.1) is 5.82 Å². The van der Waals surface area contributed by atoms with E-state index < -0.39 is 26.8 Å². The number of aromatic nitrogens is 2. The number of rotatable bonds is 12. The molecule has 260 valence electrons. The van der Waals surface area contributed by atoms with Crippen LogP contribution in [0.1, 0.15) is 17.5 Å². The molecule has 2 atom stereocenters. The molecule has 1 aliphatic rings. The molecule has 49 heavy (non-hydrogen) atoms. The molecule has 2 heterocycles. The van der Waals surface area contributed by atoms with Crippen LogP contribution in [0.4, 0.5) is 20.7 Å². The summed E-state index contributed by atoms with van der Waals surface area (Å²) in [5.74, 6) is -0.0924. The van der Waals surface area contributed by atoms with E-state index in [9.17, 15) is 13.2 Å². The lowest BCUT2D eigenvalue weighted by Crippen LogP contribution is -2.57. The van der Waals surface area contributed by atoms with Gasteiger partial charge in [0.2, 0.25) is 0 Å². The highest BCUT2D eigenvalue weighted by Crippen LogP contribution is 2.35. The first-order valence-electron chi connectivity index (χ1n) is 15.4. The third-order valence-corrected chi connectivity index (χ3v) is 10.3. The Hall–Kier alpha value is -4.66. The van der Waals surface area contributed by atoms with E-state index >= 15 is 4.39 Å². The zero-order valence-electron chi connectivity index (χ0n) is 27.5. The van der Waals surface area contributed by atoms with Crippen LogP contribution in [0.5, 0.6) is 11.5 Å². The molecule has 1 fully saturated rings. The van der Waals surface area contributed by atoms with E-state index in [1.54, 1.807) is 23.1 Å². The number of nitrogens with zero attached hydrogens (tertiary/aromatic N) is 5. The van der Waals surface area contributed by atoms with Crippen LogP contribution in [0.3, 0.4) is 0 Å². The highest BCUT2D eigenvalue weighted by Gasteiger charge is 2.35. The second kappa shape index (κ2) is 15.7. The summed E-state index contributed by atoms with van der Waals surface area (Å²) >= 11 is 6.65. The van der Waals surface area contributed by atoms with Gasteiger partial charge in [0.05, 0.1) is 31.5 Å². The number of ether oxygens (including phenoxy) is 3. The van der Waals surface area contributed by atoms with E-state index in [2.05, 4.69) is 15.3 Å². The molecule has 0 radical (unpaired) electrons. The SMILES string of the molecule is COc1ccc(CN(c2ccncn2)S(=O)(=O)c2cc(Cl)c(NC3CCN(C(=O)OCc4ccccc4)C[C@@H]3N(C)C)cc2F)c(OC)c1. The number of sulfonamides is 1. The molecule has 1 amide bonds. The molecule has 12 nitrogen and oxygen atoms in total. The Morgan fingerprint density at radius 3 is 2.53 bits per heavy atom. The molecule has 1 saturated heterocycles. The predicted molar refractivity (Wildman–Crippen MR) is 184 cm³/mol. The Kier molecular flexibility index (Phi) is 11.4. The van der Waals surface area contributed by atoms with Gasteiger partial charge in [0, 0.05) is 49.1 Å². The van der Waals surface area contributed by atoms with Gasteiger partial charge in [-0.2, -0.15) is 0 Å². The minimum atomic E-state index is -4.56. The summed E-state index contributed by atoms with van der Waals surface area (Å²) < 4.78 is 61.5. The largest absolute Gasteiger partial charge is 0.497 e. The van der Waals surface area contributed by atoms with Gasteiger partial charge in [-0.1, -0.05) is 41.9 Å². The van der Waals surface area contributed by atoms with Crippen molar-refractivity contribution < 1.29 is 31.8 Å². The molecule has 1 N–H and O–H groups in total. The number of likely N-dealkylation sites (N-methyl/N-ethyl adjacent to an activating group) is 1. The second-order valence-electron chi connectivity index (χ2n) is 11.6. The number of carbonyl (C=O) groups is 1. The Morgan fingerprint density at radius 2 is 1.86 bits per heavy atom. The van der Waals surface area contributed by atoms with Crippen molar-refractivity contribution in [2.75, 3.05) is 51.0 Å². The molecule has 0 bridgehead atoms. The van der Waals surface area contributed by atoms with Gasteiger partial charge in [-0.25, -0.2) is 31.9 Å². The van der Waals surface area contributed by atoms with Gasteiger partial charge in [-0.15, -0.1) is 0 Å². The first-order valence-corrected chi connectivity index (χ1v) is 17.2. The van der Waals surface area contributed by atoms with Gasteiger partial charge in [-0.05, 0) is 50.3 Å². The lowest BCUT2D eigenvalue weighted by atomic mass is 9.98. The fourth-order valence-electron chi connectivity index (χ4n) is 5.61. The standard InChI is InChI=1S/C34H38ClFN6O6S/c1-40(2)30-20-41(34(43)48-21-23-8-6-5-7-9-23)15-13-28(30)39-29-18-27(36)32(17-26(29)35)49(44,45)42(33-12-14-37-22-38-33)19-24-10-11-25(46-3)16-31(24)47-4/h5-12,14,16-18,22,28,30,39H,13,15,19-21H2,1-4H3/t28?,30-/m0/s1. The zero-order valence-corrected chi connectivity index (χ0v) is 29.1. The number of amides is 1. The quantitative estimate of drug-likeness (QED) is 0.203. The van der Waals surface area contributed by atoms with E-state index in [4.69, 9.17) is 25.8 Å². The molecule has 4 aromatic rings. The Balaban J connectivity index is 1.36. The summed E-state index contributed by atoms with van der Waals surface area (Å²) in [7, 11) is 2.17. The van der Waals surface area contributed by atoms with Crippen molar-refractivity contribution in [3.8, 4) is 11.5 Å². The number of halogens is 2. The molecule has 15 heteroatoms. The summed E-state index contributed by atoms with van der Waals surface area (Å²) in [6, 6.07) is 17.5. The monoisotopic (exact) mass is 712 g/mol. The summed E-state index contributed by atoms with van der Waals surface area (Å²) in [5, 5.41) is 3.30. The molecule has 0 saturated carbocycles. The molecule has 1 aliphatic heterocycles.